The molecule has 1 aliphatic heterocycles. The lowest BCUT2D eigenvalue weighted by Gasteiger charge is -2.18. The van der Waals surface area contributed by atoms with Crippen molar-refractivity contribution in [2.75, 3.05) is 6.61 Å². The second-order valence-electron chi connectivity index (χ2n) is 5.11. The maximum atomic E-state index is 11.9. The Hall–Kier alpha value is -1.83. The van der Waals surface area contributed by atoms with Gasteiger partial charge in [-0.05, 0) is 5.53 Å². The number of H-pyrrole nitrogens is 1. The highest BCUT2D eigenvalue weighted by molar-refractivity contribution is 7.60. The molecule has 0 saturated carbocycles. The summed E-state index contributed by atoms with van der Waals surface area (Å²) in [6.45, 7) is -0.916. The van der Waals surface area contributed by atoms with Gasteiger partial charge < -0.3 is 24.5 Å². The molecule has 2 rings (SSSR count). The van der Waals surface area contributed by atoms with Crippen molar-refractivity contribution in [2.45, 2.75) is 24.5 Å². The van der Waals surface area contributed by atoms with Crippen LogP contribution in [0.15, 0.2) is 27.0 Å². The number of phosphoric ester groups is 1. The fourth-order valence-electron chi connectivity index (χ4n) is 2.23. The van der Waals surface area contributed by atoms with E-state index >= 15 is 0 Å². The first-order valence-electron chi connectivity index (χ1n) is 6.87. The van der Waals surface area contributed by atoms with Crippen molar-refractivity contribution in [1.82, 2.24) is 9.55 Å². The Morgan fingerprint density at radius 2 is 2.07 bits per heavy atom. The number of ether oxygens (including phenoxy) is 1. The highest BCUT2D eigenvalue weighted by atomic mass is 31.3. The summed E-state index contributed by atoms with van der Waals surface area (Å²) < 4.78 is 36.1. The molecule has 0 aromatic carbocycles. The Balaban J connectivity index is 2.22. The Kier molecular flexibility index (Phi) is 6.39. The number of phosphoric acid groups is 2. The molecule has 150 valence electrons. The Morgan fingerprint density at radius 1 is 1.41 bits per heavy atom. The second kappa shape index (κ2) is 8.04. The van der Waals surface area contributed by atoms with Crippen molar-refractivity contribution in [3.8, 4) is 0 Å². The highest BCUT2D eigenvalue weighted by Crippen LogP contribution is 2.57. The average molecular weight is 430 g/mol. The van der Waals surface area contributed by atoms with Crippen LogP contribution in [0.2, 0.25) is 0 Å². The van der Waals surface area contributed by atoms with Gasteiger partial charge in [-0.2, -0.15) is 4.31 Å². The van der Waals surface area contributed by atoms with E-state index in [2.05, 4.69) is 18.9 Å². The maximum Gasteiger partial charge on any atom is 0.481 e. The van der Waals surface area contributed by atoms with E-state index in [-0.39, 0.29) is 0 Å². The zero-order valence-corrected chi connectivity index (χ0v) is 14.8. The summed E-state index contributed by atoms with van der Waals surface area (Å²) in [5.41, 5.74) is 6.96. The molecule has 1 unspecified atom stereocenters. The van der Waals surface area contributed by atoms with Crippen LogP contribution in [0, 0.1) is 0 Å². The number of rotatable bonds is 7. The van der Waals surface area contributed by atoms with Crippen molar-refractivity contribution >= 4 is 15.6 Å². The summed E-state index contributed by atoms with van der Waals surface area (Å²) in [6.07, 6.45) is -3.49. The molecule has 27 heavy (non-hydrogen) atoms. The van der Waals surface area contributed by atoms with Gasteiger partial charge in [0, 0.05) is 17.2 Å². The van der Waals surface area contributed by atoms with Crippen LogP contribution in [0.3, 0.4) is 0 Å². The average Bonchev–Trinajstić information content (AvgIpc) is 2.80. The van der Waals surface area contributed by atoms with E-state index in [0.29, 0.717) is 0 Å². The Morgan fingerprint density at radius 3 is 2.63 bits per heavy atom. The topological polar surface area (TPSA) is 246 Å². The van der Waals surface area contributed by atoms with Crippen LogP contribution in [0.5, 0.6) is 0 Å². The summed E-state index contributed by atoms with van der Waals surface area (Å²) >= 11 is 0. The monoisotopic (exact) mass is 430 g/mol. The summed E-state index contributed by atoms with van der Waals surface area (Å²) in [7, 11) is -10.6. The van der Waals surface area contributed by atoms with Crippen molar-refractivity contribution < 1.29 is 42.5 Å². The summed E-state index contributed by atoms with van der Waals surface area (Å²) in [5, 5.41) is 13.5. The van der Waals surface area contributed by atoms with E-state index in [1.807, 2.05) is 4.98 Å². The van der Waals surface area contributed by atoms with Gasteiger partial charge in [0.2, 0.25) is 0 Å². The number of nitrogens with one attached hydrogen (secondary N) is 1. The third-order valence-electron chi connectivity index (χ3n) is 3.26. The lowest BCUT2D eigenvalue weighted by molar-refractivity contribution is -0.0455. The number of azide groups is 1. The number of nitrogens with zero attached hydrogens (tertiary/aromatic N) is 4. The lowest BCUT2D eigenvalue weighted by atomic mass is 10.1. The molecule has 18 heteroatoms. The molecule has 5 N–H and O–H groups in total. The normalized spacial score (nSPS) is 27.7. The molecule has 1 aromatic rings. The van der Waals surface area contributed by atoms with Crippen molar-refractivity contribution in [2.24, 2.45) is 5.11 Å². The van der Waals surface area contributed by atoms with Gasteiger partial charge in [0.25, 0.3) is 5.56 Å². The van der Waals surface area contributed by atoms with Crippen molar-refractivity contribution in [3.05, 3.63) is 43.5 Å². The van der Waals surface area contributed by atoms with Crippen LogP contribution in [0.25, 0.3) is 10.4 Å². The van der Waals surface area contributed by atoms with Gasteiger partial charge in [0.1, 0.15) is 18.4 Å². The molecule has 1 fully saturated rings. The number of aromatic amines is 1. The van der Waals surface area contributed by atoms with Gasteiger partial charge in [-0.3, -0.25) is 18.9 Å². The molecule has 0 amide bonds. The van der Waals surface area contributed by atoms with Gasteiger partial charge in [0.05, 0.1) is 12.7 Å². The van der Waals surface area contributed by atoms with E-state index in [1.165, 1.54) is 0 Å². The quantitative estimate of drug-likeness (QED) is 0.147. The fourth-order valence-corrected chi connectivity index (χ4v) is 3.83. The van der Waals surface area contributed by atoms with Gasteiger partial charge in [-0.25, -0.2) is 13.9 Å². The molecular formula is C9H13N5O11P2. The van der Waals surface area contributed by atoms with E-state index in [9.17, 15) is 28.7 Å². The Bertz CT molecular complexity index is 948. The van der Waals surface area contributed by atoms with Crippen molar-refractivity contribution in [3.63, 3.8) is 0 Å². The van der Waals surface area contributed by atoms with E-state index < -0.39 is 58.0 Å². The first-order chi connectivity index (χ1) is 12.4. The largest absolute Gasteiger partial charge is 0.481 e. The van der Waals surface area contributed by atoms with Gasteiger partial charge in [-0.1, -0.05) is 5.11 Å². The summed E-state index contributed by atoms with van der Waals surface area (Å²) in [6, 6.07) is -0.433. The highest BCUT2D eigenvalue weighted by Gasteiger charge is 2.46. The molecule has 2 heterocycles. The number of hydrogen-bond acceptors (Lipinski definition) is 9. The SMILES string of the molecule is [N-]=[N+]=N[C@@H]1[C@H]([17OH])[C@@H](COP(=O)(O)OP(=O)(O)O)O[C@H]1n1ccc(=O)[nH]c1=O. The Labute approximate surface area is 148 Å². The predicted molar refractivity (Wildman–Crippen MR) is 83.1 cm³/mol. The van der Waals surface area contributed by atoms with Crippen LogP contribution in [-0.4, -0.2) is 54.2 Å². The predicted octanol–water partition coefficient (Wildman–Crippen LogP) is -1.30. The summed E-state index contributed by atoms with van der Waals surface area (Å²) in [5.74, 6) is 0. The lowest BCUT2D eigenvalue weighted by Crippen LogP contribution is -2.36. The van der Waals surface area contributed by atoms with Crippen molar-refractivity contribution in [1.29, 1.82) is 0 Å². The molecule has 5 atom stereocenters. The number of aromatic nitrogens is 2. The molecule has 0 radical (unpaired) electrons. The molecular weight excluding hydrogens is 417 g/mol. The maximum absolute atomic E-state index is 11.9. The standard InChI is InChI=1S/C9H13N5O11P2/c10-13-12-6-7(16)4(3-23-27(21,22)25-26(18,19)20)24-8(6)14-2-1-5(15)11-9(14)17/h1-2,4,6-8,16H,3H2,(H,21,22)(H,11,15,17)(H2,18,19,20)/t4-,6-,7-,8-/m1/s1/i16+1. The minimum Gasteiger partial charge on any atom is -0.390 e. The van der Waals surface area contributed by atoms with Crippen LogP contribution in [-0.2, 0) is 22.7 Å². The number of hydrogen-bond donors (Lipinski definition) is 5. The molecule has 0 bridgehead atoms. The van der Waals surface area contributed by atoms with Crippen LogP contribution in [0.4, 0.5) is 0 Å². The molecule has 1 saturated heterocycles. The van der Waals surface area contributed by atoms with Crippen LogP contribution < -0.4 is 11.2 Å². The minimum atomic E-state index is -5.34. The zero-order valence-electron chi connectivity index (χ0n) is 13.0. The van der Waals surface area contributed by atoms with E-state index in [1.54, 1.807) is 0 Å². The number of aliphatic hydroxyl groups is 1. The van der Waals surface area contributed by atoms with Gasteiger partial charge in [0.15, 0.2) is 0 Å². The number of aliphatic hydroxyl groups excluding tert-OH is 1. The molecule has 1 aliphatic rings. The fraction of sp³-hybridized carbons (Fsp3) is 0.556. The first kappa shape index (κ1) is 21.5. The third-order valence-corrected chi connectivity index (χ3v) is 5.41. The first-order valence-corrected chi connectivity index (χ1v) is 9.89. The van der Waals surface area contributed by atoms with Crippen LogP contribution in [0.1, 0.15) is 6.23 Å². The zero-order chi connectivity index (χ0) is 20.4. The summed E-state index contributed by atoms with van der Waals surface area (Å²) in [4.78, 5) is 53.7. The molecule has 0 spiro atoms. The second-order valence-corrected chi connectivity index (χ2v) is 7.93. The smallest absolute Gasteiger partial charge is 0.390 e. The van der Waals surface area contributed by atoms with E-state index in [4.69, 9.17) is 20.1 Å². The molecule has 1 aromatic heterocycles. The molecule has 16 nitrogen and oxygen atoms in total. The minimum absolute atomic E-state index is 0.717. The third kappa shape index (κ3) is 5.57. The van der Waals surface area contributed by atoms with Gasteiger partial charge in [-0.15, -0.1) is 0 Å². The van der Waals surface area contributed by atoms with Crippen LogP contribution >= 0.6 is 15.6 Å². The molecule has 0 aliphatic carbocycles. The van der Waals surface area contributed by atoms with E-state index in [0.717, 1.165) is 16.8 Å². The van der Waals surface area contributed by atoms with Gasteiger partial charge >= 0.3 is 21.3 Å².